The second-order valence-electron chi connectivity index (χ2n) is 3.96. The molecular formula is C14H13ClN2O. The quantitative estimate of drug-likeness (QED) is 0.831. The number of hydrogen-bond donors (Lipinski definition) is 2. The molecule has 0 aliphatic carbocycles. The average Bonchev–Trinajstić information content (AvgIpc) is 2.32. The molecule has 2 aromatic carbocycles. The highest BCUT2D eigenvalue weighted by Crippen LogP contribution is 2.15. The van der Waals surface area contributed by atoms with Gasteiger partial charge in [0.25, 0.3) is 0 Å². The van der Waals surface area contributed by atoms with E-state index in [0.717, 1.165) is 11.3 Å². The molecule has 4 heteroatoms. The summed E-state index contributed by atoms with van der Waals surface area (Å²) in [5.74, 6) is 0. The molecule has 0 spiro atoms. The maximum atomic E-state index is 11.7. The molecule has 2 aromatic rings. The largest absolute Gasteiger partial charge is 0.323 e. The van der Waals surface area contributed by atoms with E-state index in [4.69, 9.17) is 11.6 Å². The Hall–Kier alpha value is -2.00. The van der Waals surface area contributed by atoms with Gasteiger partial charge >= 0.3 is 6.03 Å². The Kier molecular flexibility index (Phi) is 3.85. The van der Waals surface area contributed by atoms with Crippen molar-refractivity contribution < 1.29 is 4.79 Å². The molecule has 0 saturated carbocycles. The minimum Gasteiger partial charge on any atom is -0.308 e. The van der Waals surface area contributed by atoms with Gasteiger partial charge in [0.2, 0.25) is 0 Å². The zero-order valence-corrected chi connectivity index (χ0v) is 10.7. The Balaban J connectivity index is 1.98. The molecule has 0 radical (unpaired) electrons. The number of rotatable bonds is 2. The van der Waals surface area contributed by atoms with Crippen molar-refractivity contribution >= 4 is 29.0 Å². The van der Waals surface area contributed by atoms with Crippen molar-refractivity contribution in [2.24, 2.45) is 0 Å². The van der Waals surface area contributed by atoms with Crippen LogP contribution in [0.4, 0.5) is 16.2 Å². The molecular weight excluding hydrogens is 248 g/mol. The van der Waals surface area contributed by atoms with Crippen molar-refractivity contribution in [2.45, 2.75) is 6.92 Å². The highest BCUT2D eigenvalue weighted by molar-refractivity contribution is 6.30. The lowest BCUT2D eigenvalue weighted by Crippen LogP contribution is -2.19. The molecule has 0 aromatic heterocycles. The van der Waals surface area contributed by atoms with Crippen molar-refractivity contribution in [3.05, 3.63) is 59.1 Å². The molecule has 0 aliphatic rings. The number of amides is 2. The minimum absolute atomic E-state index is 0.291. The zero-order chi connectivity index (χ0) is 13.0. The molecule has 0 atom stereocenters. The standard InChI is InChI=1S/C14H13ClN2O/c1-10-5-7-12(8-6-10)16-14(18)17-13-4-2-3-11(15)9-13/h2-9H,1H3,(H2,16,17,18). The van der Waals surface area contributed by atoms with Crippen LogP contribution in [0.25, 0.3) is 0 Å². The number of aryl methyl sites for hydroxylation is 1. The third-order valence-corrected chi connectivity index (χ3v) is 2.63. The van der Waals surface area contributed by atoms with Gasteiger partial charge in [-0.2, -0.15) is 0 Å². The predicted molar refractivity (Wildman–Crippen MR) is 75.3 cm³/mol. The van der Waals surface area contributed by atoms with Crippen molar-refractivity contribution in [3.8, 4) is 0 Å². The van der Waals surface area contributed by atoms with Crippen LogP contribution in [-0.2, 0) is 0 Å². The maximum Gasteiger partial charge on any atom is 0.323 e. The molecule has 0 fully saturated rings. The molecule has 0 aliphatic heterocycles. The van der Waals surface area contributed by atoms with Crippen LogP contribution in [0.1, 0.15) is 5.56 Å². The van der Waals surface area contributed by atoms with Crippen LogP contribution in [0, 0.1) is 6.92 Å². The van der Waals surface area contributed by atoms with Gasteiger partial charge in [0.05, 0.1) is 0 Å². The van der Waals surface area contributed by atoms with Gasteiger partial charge in [0.15, 0.2) is 0 Å². The summed E-state index contributed by atoms with van der Waals surface area (Å²) in [7, 11) is 0. The molecule has 2 rings (SSSR count). The number of anilines is 2. The smallest absolute Gasteiger partial charge is 0.308 e. The molecule has 0 unspecified atom stereocenters. The van der Waals surface area contributed by atoms with Crippen molar-refractivity contribution in [3.63, 3.8) is 0 Å². The van der Waals surface area contributed by atoms with E-state index in [-0.39, 0.29) is 6.03 Å². The van der Waals surface area contributed by atoms with Crippen molar-refractivity contribution in [2.75, 3.05) is 10.6 Å². The van der Waals surface area contributed by atoms with Gasteiger partial charge in [-0.15, -0.1) is 0 Å². The van der Waals surface area contributed by atoms with Gasteiger partial charge in [-0.3, -0.25) is 0 Å². The van der Waals surface area contributed by atoms with Crippen molar-refractivity contribution in [1.29, 1.82) is 0 Å². The summed E-state index contributed by atoms with van der Waals surface area (Å²) in [6.07, 6.45) is 0. The van der Waals surface area contributed by atoms with Gasteiger partial charge in [-0.25, -0.2) is 4.79 Å². The molecule has 92 valence electrons. The number of nitrogens with one attached hydrogen (secondary N) is 2. The van der Waals surface area contributed by atoms with E-state index in [1.807, 2.05) is 31.2 Å². The predicted octanol–water partition coefficient (Wildman–Crippen LogP) is 4.29. The third kappa shape index (κ3) is 3.50. The van der Waals surface area contributed by atoms with Crippen LogP contribution >= 0.6 is 11.6 Å². The number of hydrogen-bond acceptors (Lipinski definition) is 1. The normalized spacial score (nSPS) is 9.89. The highest BCUT2D eigenvalue weighted by Gasteiger charge is 2.02. The number of carbonyl (C=O) groups excluding carboxylic acids is 1. The Morgan fingerprint density at radius 3 is 2.33 bits per heavy atom. The molecule has 0 heterocycles. The molecule has 18 heavy (non-hydrogen) atoms. The van der Waals surface area contributed by atoms with E-state index >= 15 is 0 Å². The fourth-order valence-corrected chi connectivity index (χ4v) is 1.69. The lowest BCUT2D eigenvalue weighted by atomic mass is 10.2. The topological polar surface area (TPSA) is 41.1 Å². The highest BCUT2D eigenvalue weighted by atomic mass is 35.5. The van der Waals surface area contributed by atoms with Crippen LogP contribution < -0.4 is 10.6 Å². The number of carbonyl (C=O) groups is 1. The minimum atomic E-state index is -0.291. The Morgan fingerprint density at radius 2 is 1.67 bits per heavy atom. The SMILES string of the molecule is Cc1ccc(NC(=O)Nc2cccc(Cl)c2)cc1. The van der Waals surface area contributed by atoms with Gasteiger partial charge in [0.1, 0.15) is 0 Å². The summed E-state index contributed by atoms with van der Waals surface area (Å²) in [4.78, 5) is 11.7. The Bertz CT molecular complexity index is 552. The number of benzene rings is 2. The molecule has 2 amide bonds. The first-order chi connectivity index (χ1) is 8.63. The van der Waals surface area contributed by atoms with Crippen molar-refractivity contribution in [1.82, 2.24) is 0 Å². The van der Waals surface area contributed by atoms with E-state index in [1.54, 1.807) is 24.3 Å². The molecule has 3 nitrogen and oxygen atoms in total. The summed E-state index contributed by atoms with van der Waals surface area (Å²) in [6.45, 7) is 2.00. The first-order valence-electron chi connectivity index (χ1n) is 5.54. The lowest BCUT2D eigenvalue weighted by Gasteiger charge is -2.08. The van der Waals surface area contributed by atoms with E-state index in [2.05, 4.69) is 10.6 Å². The zero-order valence-electron chi connectivity index (χ0n) is 9.91. The Labute approximate surface area is 111 Å². The first kappa shape index (κ1) is 12.5. The first-order valence-corrected chi connectivity index (χ1v) is 5.91. The summed E-state index contributed by atoms with van der Waals surface area (Å²) in [5.41, 5.74) is 2.56. The fourth-order valence-electron chi connectivity index (χ4n) is 1.50. The van der Waals surface area contributed by atoms with E-state index in [0.29, 0.717) is 10.7 Å². The second kappa shape index (κ2) is 5.56. The maximum absolute atomic E-state index is 11.7. The third-order valence-electron chi connectivity index (χ3n) is 2.39. The van der Waals surface area contributed by atoms with Crippen LogP contribution in [0.2, 0.25) is 5.02 Å². The van der Waals surface area contributed by atoms with Gasteiger partial charge < -0.3 is 10.6 Å². The van der Waals surface area contributed by atoms with Crippen LogP contribution in [0.3, 0.4) is 0 Å². The van der Waals surface area contributed by atoms with Gasteiger partial charge in [-0.1, -0.05) is 35.4 Å². The van der Waals surface area contributed by atoms with Crippen LogP contribution in [0.5, 0.6) is 0 Å². The van der Waals surface area contributed by atoms with Crippen LogP contribution in [0.15, 0.2) is 48.5 Å². The van der Waals surface area contributed by atoms with Gasteiger partial charge in [-0.05, 0) is 37.3 Å². The molecule has 0 bridgehead atoms. The monoisotopic (exact) mass is 260 g/mol. The van der Waals surface area contributed by atoms with E-state index in [1.165, 1.54) is 0 Å². The van der Waals surface area contributed by atoms with E-state index in [9.17, 15) is 4.79 Å². The van der Waals surface area contributed by atoms with E-state index < -0.39 is 0 Å². The Morgan fingerprint density at radius 1 is 1.00 bits per heavy atom. The summed E-state index contributed by atoms with van der Waals surface area (Å²) in [5, 5.41) is 6.04. The summed E-state index contributed by atoms with van der Waals surface area (Å²) < 4.78 is 0. The molecule has 0 saturated heterocycles. The summed E-state index contributed by atoms with van der Waals surface area (Å²) in [6, 6.07) is 14.3. The second-order valence-corrected chi connectivity index (χ2v) is 4.39. The summed E-state index contributed by atoms with van der Waals surface area (Å²) >= 11 is 5.83. The lowest BCUT2D eigenvalue weighted by molar-refractivity contribution is 0.262. The average molecular weight is 261 g/mol. The number of urea groups is 1. The molecule has 2 N–H and O–H groups in total. The fraction of sp³-hybridized carbons (Fsp3) is 0.0714. The van der Waals surface area contributed by atoms with Gasteiger partial charge in [0, 0.05) is 16.4 Å². The number of halogens is 1. The van der Waals surface area contributed by atoms with Crippen LogP contribution in [-0.4, -0.2) is 6.03 Å².